The van der Waals surface area contributed by atoms with Gasteiger partial charge in [-0.05, 0) is 35.9 Å². The van der Waals surface area contributed by atoms with E-state index in [1.54, 1.807) is 36.4 Å². The van der Waals surface area contributed by atoms with Gasteiger partial charge in [0.2, 0.25) is 0 Å². The van der Waals surface area contributed by atoms with Crippen LogP contribution in [0.3, 0.4) is 0 Å². The van der Waals surface area contributed by atoms with Crippen molar-refractivity contribution >= 4 is 38.7 Å². The smallest absolute Gasteiger partial charge is 0.255 e. The normalized spacial score (nSPS) is 11.2. The molecule has 2 aromatic rings. The number of halogens is 1. The number of benzene rings is 2. The minimum atomic E-state index is -3.16. The Morgan fingerprint density at radius 1 is 1.17 bits per heavy atom. The highest BCUT2D eigenvalue weighted by atomic mass is 35.5. The van der Waals surface area contributed by atoms with Crippen molar-refractivity contribution < 1.29 is 13.2 Å². The Balaban J connectivity index is 2.28. The Morgan fingerprint density at radius 3 is 2.50 bits per heavy atom. The lowest BCUT2D eigenvalue weighted by Crippen LogP contribution is -2.17. The first-order valence-corrected chi connectivity index (χ1v) is 9.64. The molecule has 5 nitrogen and oxygen atoms in total. The van der Waals surface area contributed by atoms with Gasteiger partial charge in [0.1, 0.15) is 0 Å². The summed E-state index contributed by atoms with van der Waals surface area (Å²) in [5.74, 6) is -0.426. The Morgan fingerprint density at radius 2 is 1.88 bits per heavy atom. The van der Waals surface area contributed by atoms with Crippen molar-refractivity contribution in [2.45, 2.75) is 5.75 Å². The number of rotatable bonds is 5. The highest BCUT2D eigenvalue weighted by molar-refractivity contribution is 7.89. The fourth-order valence-corrected chi connectivity index (χ4v) is 3.26. The van der Waals surface area contributed by atoms with Crippen LogP contribution in [0.1, 0.15) is 15.9 Å². The molecule has 0 bridgehead atoms. The van der Waals surface area contributed by atoms with E-state index in [1.165, 1.54) is 0 Å². The lowest BCUT2D eigenvalue weighted by Gasteiger charge is -2.18. The number of nitrogens with one attached hydrogen (secondary N) is 1. The molecule has 7 heteroatoms. The second kappa shape index (κ2) is 7.23. The number of carbonyl (C=O) groups excluding carboxylic acids is 1. The van der Waals surface area contributed by atoms with Gasteiger partial charge in [0.05, 0.1) is 17.1 Å². The van der Waals surface area contributed by atoms with Gasteiger partial charge in [-0.3, -0.25) is 4.79 Å². The van der Waals surface area contributed by atoms with Crippen LogP contribution < -0.4 is 10.2 Å². The molecule has 0 unspecified atom stereocenters. The summed E-state index contributed by atoms with van der Waals surface area (Å²) in [6.07, 6.45) is 1.16. The standard InChI is InChI=1S/C17H19ClN2O3S/c1-20(2)16-8-7-14(18)10-15(16)19-17(21)13-6-4-5-12(9-13)11-24(3,22)23/h4-10H,11H2,1-3H3,(H,19,21). The van der Waals surface area contributed by atoms with Crippen LogP contribution in [0, 0.1) is 0 Å². The number of carbonyl (C=O) groups is 1. The van der Waals surface area contributed by atoms with Crippen molar-refractivity contribution in [1.29, 1.82) is 0 Å². The first kappa shape index (κ1) is 18.3. The molecule has 0 aliphatic carbocycles. The third kappa shape index (κ3) is 4.97. The monoisotopic (exact) mass is 366 g/mol. The van der Waals surface area contributed by atoms with Crippen LogP contribution in [-0.4, -0.2) is 34.7 Å². The summed E-state index contributed by atoms with van der Waals surface area (Å²) in [6, 6.07) is 11.8. The van der Waals surface area contributed by atoms with Crippen LogP contribution in [0.2, 0.25) is 5.02 Å². The fraction of sp³-hybridized carbons (Fsp3) is 0.235. The van der Waals surface area contributed by atoms with E-state index < -0.39 is 9.84 Å². The van der Waals surface area contributed by atoms with Crippen molar-refractivity contribution in [1.82, 2.24) is 0 Å². The zero-order chi connectivity index (χ0) is 17.9. The molecule has 0 spiro atoms. The highest BCUT2D eigenvalue weighted by Crippen LogP contribution is 2.28. The third-order valence-corrected chi connectivity index (χ3v) is 4.40. The van der Waals surface area contributed by atoms with E-state index in [9.17, 15) is 13.2 Å². The molecular weight excluding hydrogens is 348 g/mol. The first-order chi connectivity index (χ1) is 11.2. The molecular formula is C17H19ClN2O3S. The molecule has 1 amide bonds. The average molecular weight is 367 g/mol. The molecule has 24 heavy (non-hydrogen) atoms. The third-order valence-electron chi connectivity index (χ3n) is 3.31. The molecule has 0 saturated heterocycles. The first-order valence-electron chi connectivity index (χ1n) is 7.20. The van der Waals surface area contributed by atoms with Crippen molar-refractivity contribution in [3.8, 4) is 0 Å². The van der Waals surface area contributed by atoms with E-state index in [0.29, 0.717) is 21.8 Å². The summed E-state index contributed by atoms with van der Waals surface area (Å²) in [4.78, 5) is 14.4. The maximum atomic E-state index is 12.5. The van der Waals surface area contributed by atoms with Gasteiger partial charge in [-0.2, -0.15) is 0 Å². The average Bonchev–Trinajstić information content (AvgIpc) is 2.45. The Bertz CT molecular complexity index is 864. The second-order valence-electron chi connectivity index (χ2n) is 5.78. The molecule has 0 aliphatic rings. The predicted octanol–water partition coefficient (Wildman–Crippen LogP) is 3.20. The molecule has 0 saturated carbocycles. The van der Waals surface area contributed by atoms with Crippen LogP contribution in [0.4, 0.5) is 11.4 Å². The van der Waals surface area contributed by atoms with Crippen LogP contribution >= 0.6 is 11.6 Å². The fourth-order valence-electron chi connectivity index (χ4n) is 2.30. The van der Waals surface area contributed by atoms with Gasteiger partial charge in [0, 0.05) is 30.9 Å². The molecule has 0 fully saturated rings. The Hall–Kier alpha value is -2.05. The minimum Gasteiger partial charge on any atom is -0.376 e. The van der Waals surface area contributed by atoms with E-state index in [4.69, 9.17) is 11.6 Å². The lowest BCUT2D eigenvalue weighted by atomic mass is 10.1. The lowest BCUT2D eigenvalue weighted by molar-refractivity contribution is 0.102. The molecule has 0 radical (unpaired) electrons. The number of hydrogen-bond acceptors (Lipinski definition) is 4. The topological polar surface area (TPSA) is 66.5 Å². The van der Waals surface area contributed by atoms with E-state index in [2.05, 4.69) is 5.32 Å². The zero-order valence-corrected chi connectivity index (χ0v) is 15.3. The number of anilines is 2. The number of nitrogens with zero attached hydrogens (tertiary/aromatic N) is 1. The quantitative estimate of drug-likeness (QED) is 0.882. The van der Waals surface area contributed by atoms with Gasteiger partial charge in [0.15, 0.2) is 9.84 Å². The van der Waals surface area contributed by atoms with Crippen molar-refractivity contribution in [2.75, 3.05) is 30.6 Å². The summed E-state index contributed by atoms with van der Waals surface area (Å²) in [6.45, 7) is 0. The van der Waals surface area contributed by atoms with E-state index >= 15 is 0 Å². The summed E-state index contributed by atoms with van der Waals surface area (Å²) in [5.41, 5.74) is 2.37. The van der Waals surface area contributed by atoms with Gasteiger partial charge in [-0.25, -0.2) is 8.42 Å². The summed E-state index contributed by atoms with van der Waals surface area (Å²) < 4.78 is 22.8. The number of amides is 1. The molecule has 128 valence electrons. The van der Waals surface area contributed by atoms with Crippen LogP contribution in [0.5, 0.6) is 0 Å². The molecule has 0 aromatic heterocycles. The molecule has 0 heterocycles. The van der Waals surface area contributed by atoms with Gasteiger partial charge in [-0.15, -0.1) is 0 Å². The zero-order valence-electron chi connectivity index (χ0n) is 13.7. The van der Waals surface area contributed by atoms with Gasteiger partial charge < -0.3 is 10.2 Å². The van der Waals surface area contributed by atoms with Crippen molar-refractivity contribution in [3.05, 3.63) is 58.6 Å². The second-order valence-corrected chi connectivity index (χ2v) is 8.36. The summed E-state index contributed by atoms with van der Waals surface area (Å²) in [5, 5.41) is 3.34. The summed E-state index contributed by atoms with van der Waals surface area (Å²) >= 11 is 6.01. The van der Waals surface area contributed by atoms with Gasteiger partial charge >= 0.3 is 0 Å². The molecule has 1 N–H and O–H groups in total. The van der Waals surface area contributed by atoms with E-state index in [0.717, 1.165) is 11.9 Å². The van der Waals surface area contributed by atoms with Crippen LogP contribution in [0.15, 0.2) is 42.5 Å². The molecule has 2 aromatic carbocycles. The largest absolute Gasteiger partial charge is 0.376 e. The van der Waals surface area contributed by atoms with Crippen molar-refractivity contribution in [2.24, 2.45) is 0 Å². The summed E-state index contributed by atoms with van der Waals surface area (Å²) in [7, 11) is 0.575. The minimum absolute atomic E-state index is 0.103. The Kier molecular flexibility index (Phi) is 5.51. The highest BCUT2D eigenvalue weighted by Gasteiger charge is 2.13. The molecule has 0 atom stereocenters. The maximum Gasteiger partial charge on any atom is 0.255 e. The predicted molar refractivity (Wildman–Crippen MR) is 98.7 cm³/mol. The maximum absolute atomic E-state index is 12.5. The number of sulfone groups is 1. The van der Waals surface area contributed by atoms with Crippen molar-refractivity contribution in [3.63, 3.8) is 0 Å². The van der Waals surface area contributed by atoms with Gasteiger partial charge in [-0.1, -0.05) is 23.7 Å². The number of hydrogen-bond donors (Lipinski definition) is 1. The molecule has 0 aliphatic heterocycles. The Labute approximate surface area is 147 Å². The van der Waals surface area contributed by atoms with Crippen LogP contribution in [-0.2, 0) is 15.6 Å². The van der Waals surface area contributed by atoms with E-state index in [-0.39, 0.29) is 11.7 Å². The van der Waals surface area contributed by atoms with E-state index in [1.807, 2.05) is 25.1 Å². The van der Waals surface area contributed by atoms with Crippen LogP contribution in [0.25, 0.3) is 0 Å². The van der Waals surface area contributed by atoms with Gasteiger partial charge in [0.25, 0.3) is 5.91 Å². The SMILES string of the molecule is CN(C)c1ccc(Cl)cc1NC(=O)c1cccc(CS(C)(=O)=O)c1. The molecule has 2 rings (SSSR count).